The molecular formula is C11H13ClO4. The number of carbonyl (C=O) groups excluding carboxylic acids is 1. The zero-order valence-electron chi connectivity index (χ0n) is 8.54. The SMILES string of the molecule is O=COCC[C@@H](O)[C@H](O)c1ccccc1Cl. The quantitative estimate of drug-likeness (QED) is 0.585. The predicted octanol–water partition coefficient (Wildman–Crippen LogP) is 1.30. The van der Waals surface area contributed by atoms with E-state index < -0.39 is 12.2 Å². The lowest BCUT2D eigenvalue weighted by Gasteiger charge is -2.18. The molecule has 2 N–H and O–H groups in total. The van der Waals surface area contributed by atoms with Crippen LogP contribution in [0.1, 0.15) is 18.1 Å². The molecular weight excluding hydrogens is 232 g/mol. The van der Waals surface area contributed by atoms with E-state index in [0.717, 1.165) is 0 Å². The molecule has 0 heterocycles. The van der Waals surface area contributed by atoms with Crippen LogP contribution in [-0.2, 0) is 9.53 Å². The van der Waals surface area contributed by atoms with E-state index in [-0.39, 0.29) is 13.0 Å². The number of benzene rings is 1. The average Bonchev–Trinajstić information content (AvgIpc) is 2.29. The molecule has 0 aromatic heterocycles. The number of halogens is 1. The van der Waals surface area contributed by atoms with Crippen LogP contribution in [-0.4, -0.2) is 29.4 Å². The van der Waals surface area contributed by atoms with Gasteiger partial charge in [-0.1, -0.05) is 29.8 Å². The first-order valence-electron chi connectivity index (χ1n) is 4.82. The Morgan fingerprint density at radius 2 is 2.06 bits per heavy atom. The largest absolute Gasteiger partial charge is 0.468 e. The standard InChI is InChI=1S/C11H13ClO4/c12-9-4-2-1-3-8(9)11(15)10(14)5-6-16-7-13/h1-4,7,10-11,14-15H,5-6H2/t10-,11-/m1/s1. The van der Waals surface area contributed by atoms with Gasteiger partial charge in [0.1, 0.15) is 6.10 Å². The Kier molecular flexibility index (Phi) is 5.25. The molecule has 2 atom stereocenters. The topological polar surface area (TPSA) is 66.8 Å². The van der Waals surface area contributed by atoms with Crippen molar-refractivity contribution in [3.8, 4) is 0 Å². The van der Waals surface area contributed by atoms with Crippen LogP contribution in [0.3, 0.4) is 0 Å². The summed E-state index contributed by atoms with van der Waals surface area (Å²) in [6.45, 7) is 0.362. The van der Waals surface area contributed by atoms with E-state index in [9.17, 15) is 15.0 Å². The smallest absolute Gasteiger partial charge is 0.293 e. The maximum atomic E-state index is 9.89. The third kappa shape index (κ3) is 3.48. The van der Waals surface area contributed by atoms with Crippen LogP contribution in [0.15, 0.2) is 24.3 Å². The van der Waals surface area contributed by atoms with Crippen LogP contribution in [0.25, 0.3) is 0 Å². The van der Waals surface area contributed by atoms with Crippen molar-refractivity contribution in [2.45, 2.75) is 18.6 Å². The fourth-order valence-electron chi connectivity index (χ4n) is 1.32. The van der Waals surface area contributed by atoms with Crippen molar-refractivity contribution in [3.05, 3.63) is 34.9 Å². The van der Waals surface area contributed by atoms with E-state index in [0.29, 0.717) is 17.1 Å². The number of carbonyl (C=O) groups is 1. The number of hydrogen-bond acceptors (Lipinski definition) is 4. The molecule has 0 spiro atoms. The summed E-state index contributed by atoms with van der Waals surface area (Å²) in [5, 5.41) is 19.8. The summed E-state index contributed by atoms with van der Waals surface area (Å²) in [5.74, 6) is 0. The molecule has 1 aromatic carbocycles. The summed E-state index contributed by atoms with van der Waals surface area (Å²) in [4.78, 5) is 9.89. The van der Waals surface area contributed by atoms with Crippen molar-refractivity contribution in [1.29, 1.82) is 0 Å². The molecule has 0 aliphatic rings. The molecule has 0 radical (unpaired) electrons. The number of aliphatic hydroxyl groups excluding tert-OH is 2. The van der Waals surface area contributed by atoms with Gasteiger partial charge < -0.3 is 14.9 Å². The highest BCUT2D eigenvalue weighted by Crippen LogP contribution is 2.25. The van der Waals surface area contributed by atoms with Gasteiger partial charge in [0.15, 0.2) is 0 Å². The fraction of sp³-hybridized carbons (Fsp3) is 0.364. The first kappa shape index (κ1) is 13.0. The first-order chi connectivity index (χ1) is 7.66. The Hall–Kier alpha value is -1.10. The van der Waals surface area contributed by atoms with Crippen LogP contribution >= 0.6 is 11.6 Å². The van der Waals surface area contributed by atoms with E-state index in [4.69, 9.17) is 11.6 Å². The molecule has 1 aromatic rings. The Labute approximate surface area is 98.4 Å². The lowest BCUT2D eigenvalue weighted by molar-refractivity contribution is -0.129. The molecule has 0 bridgehead atoms. The van der Waals surface area contributed by atoms with Crippen molar-refractivity contribution in [3.63, 3.8) is 0 Å². The van der Waals surface area contributed by atoms with Gasteiger partial charge in [-0.25, -0.2) is 0 Å². The predicted molar refractivity (Wildman–Crippen MR) is 59.1 cm³/mol. The third-order valence-electron chi connectivity index (χ3n) is 2.19. The van der Waals surface area contributed by atoms with Crippen molar-refractivity contribution in [2.75, 3.05) is 6.61 Å². The normalized spacial score (nSPS) is 14.2. The van der Waals surface area contributed by atoms with Gasteiger partial charge >= 0.3 is 0 Å². The van der Waals surface area contributed by atoms with E-state index in [1.807, 2.05) is 0 Å². The second kappa shape index (κ2) is 6.48. The van der Waals surface area contributed by atoms with Crippen molar-refractivity contribution < 1.29 is 19.7 Å². The van der Waals surface area contributed by atoms with Crippen molar-refractivity contribution >= 4 is 18.1 Å². The molecule has 5 heteroatoms. The summed E-state index contributed by atoms with van der Waals surface area (Å²) in [6, 6.07) is 6.73. The van der Waals surface area contributed by atoms with Crippen LogP contribution < -0.4 is 0 Å². The zero-order chi connectivity index (χ0) is 12.0. The molecule has 0 unspecified atom stereocenters. The zero-order valence-corrected chi connectivity index (χ0v) is 9.30. The minimum atomic E-state index is -1.08. The van der Waals surface area contributed by atoms with Crippen LogP contribution in [0, 0.1) is 0 Å². The van der Waals surface area contributed by atoms with E-state index >= 15 is 0 Å². The van der Waals surface area contributed by atoms with E-state index in [2.05, 4.69) is 4.74 Å². The molecule has 1 rings (SSSR count). The summed E-state index contributed by atoms with van der Waals surface area (Å²) in [5.41, 5.74) is 0.461. The Balaban J connectivity index is 2.59. The molecule has 16 heavy (non-hydrogen) atoms. The van der Waals surface area contributed by atoms with E-state index in [1.165, 1.54) is 0 Å². The second-order valence-electron chi connectivity index (χ2n) is 3.29. The van der Waals surface area contributed by atoms with Gasteiger partial charge in [-0.15, -0.1) is 0 Å². The first-order valence-corrected chi connectivity index (χ1v) is 5.20. The lowest BCUT2D eigenvalue weighted by atomic mass is 10.0. The maximum absolute atomic E-state index is 9.89. The molecule has 0 amide bonds. The van der Waals surface area contributed by atoms with Gasteiger partial charge in [-0.05, 0) is 6.07 Å². The summed E-state index contributed by atoms with van der Waals surface area (Å²) in [6.07, 6.45) is -1.94. The van der Waals surface area contributed by atoms with Gasteiger partial charge in [0.2, 0.25) is 0 Å². The van der Waals surface area contributed by atoms with Crippen molar-refractivity contribution in [1.82, 2.24) is 0 Å². The minimum Gasteiger partial charge on any atom is -0.468 e. The van der Waals surface area contributed by atoms with Gasteiger partial charge in [0, 0.05) is 17.0 Å². The van der Waals surface area contributed by atoms with Crippen LogP contribution in [0.2, 0.25) is 5.02 Å². The van der Waals surface area contributed by atoms with Gasteiger partial charge in [-0.3, -0.25) is 4.79 Å². The molecule has 4 nitrogen and oxygen atoms in total. The molecule has 0 aliphatic carbocycles. The second-order valence-corrected chi connectivity index (χ2v) is 3.70. The Morgan fingerprint density at radius 3 is 2.69 bits per heavy atom. The average molecular weight is 245 g/mol. The van der Waals surface area contributed by atoms with E-state index in [1.54, 1.807) is 24.3 Å². The molecule has 0 saturated heterocycles. The molecule has 0 saturated carbocycles. The highest BCUT2D eigenvalue weighted by molar-refractivity contribution is 6.31. The summed E-state index contributed by atoms with van der Waals surface area (Å²) >= 11 is 5.87. The third-order valence-corrected chi connectivity index (χ3v) is 2.53. The summed E-state index contributed by atoms with van der Waals surface area (Å²) < 4.78 is 4.44. The molecule has 88 valence electrons. The molecule has 0 aliphatic heterocycles. The molecule has 0 fully saturated rings. The highest BCUT2D eigenvalue weighted by Gasteiger charge is 2.20. The van der Waals surface area contributed by atoms with Crippen molar-refractivity contribution in [2.24, 2.45) is 0 Å². The van der Waals surface area contributed by atoms with Crippen LogP contribution in [0.5, 0.6) is 0 Å². The monoisotopic (exact) mass is 244 g/mol. The van der Waals surface area contributed by atoms with Crippen LogP contribution in [0.4, 0.5) is 0 Å². The van der Waals surface area contributed by atoms with Gasteiger partial charge in [0.05, 0.1) is 12.7 Å². The highest BCUT2D eigenvalue weighted by atomic mass is 35.5. The number of ether oxygens (including phenoxy) is 1. The maximum Gasteiger partial charge on any atom is 0.293 e. The number of aliphatic hydroxyl groups is 2. The summed E-state index contributed by atoms with van der Waals surface area (Å²) in [7, 11) is 0. The Bertz CT molecular complexity index is 343. The van der Waals surface area contributed by atoms with Gasteiger partial charge in [0.25, 0.3) is 6.47 Å². The number of hydrogen-bond donors (Lipinski definition) is 2. The lowest BCUT2D eigenvalue weighted by Crippen LogP contribution is -2.20. The minimum absolute atomic E-state index is 0.0617. The fourth-order valence-corrected chi connectivity index (χ4v) is 1.56. The van der Waals surface area contributed by atoms with Gasteiger partial charge in [-0.2, -0.15) is 0 Å². The Morgan fingerprint density at radius 1 is 1.38 bits per heavy atom. The number of rotatable bonds is 6.